The van der Waals surface area contributed by atoms with Crippen LogP contribution in [-0.4, -0.2) is 15.2 Å². The number of rotatable bonds is 3. The topological polar surface area (TPSA) is 38.7 Å². The summed E-state index contributed by atoms with van der Waals surface area (Å²) in [4.78, 5) is 4.13. The van der Waals surface area contributed by atoms with Crippen LogP contribution in [0.25, 0.3) is 0 Å². The summed E-state index contributed by atoms with van der Waals surface area (Å²) < 4.78 is 37.6. The minimum Gasteiger partial charge on any atom is -0.225 e. The number of hydrogen-bond donors (Lipinski definition) is 0. The predicted octanol–water partition coefficient (Wildman–Crippen LogP) is 3.49. The highest BCUT2D eigenvalue weighted by molar-refractivity contribution is 7.98. The summed E-state index contributed by atoms with van der Waals surface area (Å²) in [6, 6.07) is 5.23. The molecular formula is C12H10F3N3S. The standard InChI is InChI=1S/C12H10F3N3S/c1-8-6-16-18-11(17-8)19-7-9-3-2-4-10(5-9)12(13,14)15/h2-6H,7H2,1H3. The Morgan fingerprint density at radius 3 is 2.74 bits per heavy atom. The van der Waals surface area contributed by atoms with Gasteiger partial charge in [-0.3, -0.25) is 0 Å². The number of halogens is 3. The van der Waals surface area contributed by atoms with E-state index in [4.69, 9.17) is 0 Å². The first-order valence-electron chi connectivity index (χ1n) is 5.40. The van der Waals surface area contributed by atoms with E-state index in [1.165, 1.54) is 24.0 Å². The molecule has 2 rings (SSSR count). The number of alkyl halides is 3. The second-order valence-corrected chi connectivity index (χ2v) is 4.81. The van der Waals surface area contributed by atoms with Crippen LogP contribution in [0.5, 0.6) is 0 Å². The molecule has 0 aliphatic heterocycles. The van der Waals surface area contributed by atoms with Crippen molar-refractivity contribution in [1.29, 1.82) is 0 Å². The van der Waals surface area contributed by atoms with Crippen molar-refractivity contribution in [3.8, 4) is 0 Å². The molecule has 1 heterocycles. The van der Waals surface area contributed by atoms with Gasteiger partial charge in [-0.2, -0.15) is 18.3 Å². The second kappa shape index (κ2) is 5.56. The molecule has 0 N–H and O–H groups in total. The summed E-state index contributed by atoms with van der Waals surface area (Å²) in [5.74, 6) is 0.370. The van der Waals surface area contributed by atoms with Gasteiger partial charge in [-0.15, -0.1) is 5.10 Å². The second-order valence-electron chi connectivity index (χ2n) is 3.87. The van der Waals surface area contributed by atoms with Gasteiger partial charge in [-0.25, -0.2) is 4.98 Å². The van der Waals surface area contributed by atoms with E-state index < -0.39 is 11.7 Å². The Labute approximate surface area is 112 Å². The number of thioether (sulfide) groups is 1. The summed E-state index contributed by atoms with van der Waals surface area (Å²) in [6.45, 7) is 1.78. The summed E-state index contributed by atoms with van der Waals surface area (Å²) in [5.41, 5.74) is 0.653. The van der Waals surface area contributed by atoms with Gasteiger partial charge in [0.05, 0.1) is 17.5 Å². The van der Waals surface area contributed by atoms with E-state index in [0.717, 1.165) is 17.8 Å². The third-order valence-electron chi connectivity index (χ3n) is 2.28. The number of aryl methyl sites for hydroxylation is 1. The van der Waals surface area contributed by atoms with Crippen LogP contribution < -0.4 is 0 Å². The van der Waals surface area contributed by atoms with Crippen molar-refractivity contribution >= 4 is 11.8 Å². The Bertz CT molecular complexity index is 572. The van der Waals surface area contributed by atoms with E-state index in [-0.39, 0.29) is 0 Å². The maximum Gasteiger partial charge on any atom is 0.416 e. The molecule has 0 amide bonds. The fourth-order valence-corrected chi connectivity index (χ4v) is 2.20. The molecule has 0 radical (unpaired) electrons. The quantitative estimate of drug-likeness (QED) is 0.809. The summed E-state index contributed by atoms with van der Waals surface area (Å²) in [7, 11) is 0. The molecule has 0 spiro atoms. The van der Waals surface area contributed by atoms with Crippen LogP contribution in [-0.2, 0) is 11.9 Å². The number of benzene rings is 1. The molecule has 0 aliphatic rings. The van der Waals surface area contributed by atoms with Gasteiger partial charge in [-0.1, -0.05) is 30.0 Å². The van der Waals surface area contributed by atoms with E-state index in [2.05, 4.69) is 15.2 Å². The Hall–Kier alpha value is -1.63. The van der Waals surface area contributed by atoms with Crippen LogP contribution in [0.15, 0.2) is 35.6 Å². The third-order valence-corrected chi connectivity index (χ3v) is 3.19. The van der Waals surface area contributed by atoms with Gasteiger partial charge in [-0.05, 0) is 18.6 Å². The predicted molar refractivity (Wildman–Crippen MR) is 65.6 cm³/mol. The molecule has 0 unspecified atom stereocenters. The van der Waals surface area contributed by atoms with Crippen molar-refractivity contribution < 1.29 is 13.2 Å². The normalized spacial score (nSPS) is 11.6. The lowest BCUT2D eigenvalue weighted by Gasteiger charge is -2.08. The van der Waals surface area contributed by atoms with Gasteiger partial charge >= 0.3 is 6.18 Å². The maximum atomic E-state index is 12.5. The Balaban J connectivity index is 2.08. The molecule has 0 saturated carbocycles. The van der Waals surface area contributed by atoms with Crippen LogP contribution in [0.1, 0.15) is 16.8 Å². The number of aromatic nitrogens is 3. The Morgan fingerprint density at radius 1 is 1.26 bits per heavy atom. The van der Waals surface area contributed by atoms with Crippen LogP contribution in [0.4, 0.5) is 13.2 Å². The largest absolute Gasteiger partial charge is 0.416 e. The lowest BCUT2D eigenvalue weighted by molar-refractivity contribution is -0.137. The van der Waals surface area contributed by atoms with E-state index in [1.807, 2.05) is 0 Å². The first kappa shape index (κ1) is 13.8. The van der Waals surface area contributed by atoms with Gasteiger partial charge < -0.3 is 0 Å². The highest BCUT2D eigenvalue weighted by Gasteiger charge is 2.30. The molecule has 19 heavy (non-hydrogen) atoms. The molecular weight excluding hydrogens is 275 g/mol. The first-order chi connectivity index (χ1) is 8.95. The lowest BCUT2D eigenvalue weighted by atomic mass is 10.1. The van der Waals surface area contributed by atoms with Crippen molar-refractivity contribution in [2.24, 2.45) is 0 Å². The molecule has 0 bridgehead atoms. The third kappa shape index (κ3) is 3.92. The molecule has 1 aromatic carbocycles. The van der Waals surface area contributed by atoms with Crippen LogP contribution >= 0.6 is 11.8 Å². The van der Waals surface area contributed by atoms with Crippen LogP contribution in [0, 0.1) is 6.92 Å². The Kier molecular flexibility index (Phi) is 4.04. The fourth-order valence-electron chi connectivity index (χ4n) is 1.41. The zero-order valence-corrected chi connectivity index (χ0v) is 10.8. The number of hydrogen-bond acceptors (Lipinski definition) is 4. The van der Waals surface area contributed by atoms with Gasteiger partial charge in [0.25, 0.3) is 0 Å². The van der Waals surface area contributed by atoms with Crippen molar-refractivity contribution in [2.75, 3.05) is 0 Å². The monoisotopic (exact) mass is 285 g/mol. The molecule has 3 nitrogen and oxygen atoms in total. The van der Waals surface area contributed by atoms with Gasteiger partial charge in [0, 0.05) is 5.75 Å². The van der Waals surface area contributed by atoms with Crippen molar-refractivity contribution in [2.45, 2.75) is 24.0 Å². The lowest BCUT2D eigenvalue weighted by Crippen LogP contribution is -2.05. The fraction of sp³-hybridized carbons (Fsp3) is 0.250. The molecule has 1 aromatic heterocycles. The number of nitrogens with zero attached hydrogens (tertiary/aromatic N) is 3. The average Bonchev–Trinajstić information content (AvgIpc) is 2.36. The summed E-state index contributed by atoms with van der Waals surface area (Å²) >= 11 is 1.25. The summed E-state index contributed by atoms with van der Waals surface area (Å²) in [6.07, 6.45) is -2.80. The van der Waals surface area contributed by atoms with Gasteiger partial charge in [0.15, 0.2) is 0 Å². The van der Waals surface area contributed by atoms with Gasteiger partial charge in [0.1, 0.15) is 0 Å². The molecule has 0 atom stereocenters. The van der Waals surface area contributed by atoms with Crippen LogP contribution in [0.2, 0.25) is 0 Å². The molecule has 0 aliphatic carbocycles. The zero-order valence-electron chi connectivity index (χ0n) is 9.98. The SMILES string of the molecule is Cc1cnnc(SCc2cccc(C(F)(F)F)c2)n1. The first-order valence-corrected chi connectivity index (χ1v) is 6.39. The van der Waals surface area contributed by atoms with Crippen molar-refractivity contribution in [3.05, 3.63) is 47.3 Å². The minimum absolute atomic E-state index is 0.370. The highest BCUT2D eigenvalue weighted by atomic mass is 32.2. The minimum atomic E-state index is -4.32. The Morgan fingerprint density at radius 2 is 2.05 bits per heavy atom. The molecule has 7 heteroatoms. The highest BCUT2D eigenvalue weighted by Crippen LogP contribution is 2.30. The zero-order chi connectivity index (χ0) is 13.9. The summed E-state index contributed by atoms with van der Waals surface area (Å²) in [5, 5.41) is 8.00. The molecule has 2 aromatic rings. The van der Waals surface area contributed by atoms with E-state index in [0.29, 0.717) is 16.5 Å². The smallest absolute Gasteiger partial charge is 0.225 e. The molecule has 0 saturated heterocycles. The van der Waals surface area contributed by atoms with Gasteiger partial charge in [0.2, 0.25) is 5.16 Å². The molecule has 0 fully saturated rings. The molecule has 100 valence electrons. The van der Waals surface area contributed by atoms with E-state index >= 15 is 0 Å². The van der Waals surface area contributed by atoms with Crippen molar-refractivity contribution in [1.82, 2.24) is 15.2 Å². The van der Waals surface area contributed by atoms with Crippen molar-refractivity contribution in [3.63, 3.8) is 0 Å². The van der Waals surface area contributed by atoms with E-state index in [9.17, 15) is 13.2 Å². The van der Waals surface area contributed by atoms with E-state index in [1.54, 1.807) is 13.0 Å². The average molecular weight is 285 g/mol. The van der Waals surface area contributed by atoms with Crippen LogP contribution in [0.3, 0.4) is 0 Å². The maximum absolute atomic E-state index is 12.5.